The molecule has 4 N–H and O–H groups in total. The third-order valence-corrected chi connectivity index (χ3v) is 2.32. The third kappa shape index (κ3) is 3.38. The highest BCUT2D eigenvalue weighted by atomic mass is 16.6. The van der Waals surface area contributed by atoms with E-state index in [1.807, 2.05) is 0 Å². The van der Waals surface area contributed by atoms with Crippen molar-refractivity contribution in [2.24, 2.45) is 5.73 Å². The lowest BCUT2D eigenvalue weighted by Gasteiger charge is -2.15. The van der Waals surface area contributed by atoms with Crippen LogP contribution in [0.3, 0.4) is 0 Å². The second kappa shape index (κ2) is 5.90. The molecule has 0 aliphatic heterocycles. The quantitative estimate of drug-likeness (QED) is 0.493. The topological polar surface area (TPSA) is 138 Å². The van der Waals surface area contributed by atoms with E-state index in [-0.39, 0.29) is 23.6 Å². The number of hydrogen-bond donors (Lipinski definition) is 3. The van der Waals surface area contributed by atoms with Gasteiger partial charge in [-0.05, 0) is 6.92 Å². The first-order valence-corrected chi connectivity index (χ1v) is 5.17. The van der Waals surface area contributed by atoms with Gasteiger partial charge in [0.2, 0.25) is 5.82 Å². The number of nitro groups is 1. The second-order valence-corrected chi connectivity index (χ2v) is 3.75. The lowest BCUT2D eigenvalue weighted by Crippen LogP contribution is -2.38. The molecule has 0 saturated heterocycles. The van der Waals surface area contributed by atoms with Crippen LogP contribution in [0.2, 0.25) is 0 Å². The molecule has 0 saturated carbocycles. The highest BCUT2D eigenvalue weighted by Gasteiger charge is 2.18. The van der Waals surface area contributed by atoms with Gasteiger partial charge in [-0.15, -0.1) is 0 Å². The average molecular weight is 251 g/mol. The predicted octanol–water partition coefficient (Wildman–Crippen LogP) is -0.0185. The van der Waals surface area contributed by atoms with Crippen LogP contribution in [0.1, 0.15) is 12.5 Å². The molecule has 1 rings (SSSR count). The minimum atomic E-state index is -0.741. The maximum absolute atomic E-state index is 10.8. The van der Waals surface area contributed by atoms with Gasteiger partial charge in [0.05, 0.1) is 16.6 Å². The molecule has 0 bridgehead atoms. The van der Waals surface area contributed by atoms with Crippen molar-refractivity contribution in [3.63, 3.8) is 0 Å². The molecule has 0 fully saturated rings. The molecular weight excluding hydrogens is 238 g/mol. The number of anilines is 1. The number of pyridine rings is 1. The Morgan fingerprint density at radius 2 is 2.44 bits per heavy atom. The molecule has 8 nitrogen and oxygen atoms in total. The molecule has 0 spiro atoms. The van der Waals surface area contributed by atoms with Crippen LogP contribution < -0.4 is 11.1 Å². The zero-order valence-corrected chi connectivity index (χ0v) is 9.70. The van der Waals surface area contributed by atoms with E-state index in [2.05, 4.69) is 10.3 Å². The lowest BCUT2D eigenvalue weighted by molar-refractivity contribution is -0.384. The summed E-state index contributed by atoms with van der Waals surface area (Å²) in [5.41, 5.74) is 5.39. The first kappa shape index (κ1) is 13.8. The molecule has 18 heavy (non-hydrogen) atoms. The fourth-order valence-electron chi connectivity index (χ4n) is 1.17. The molecule has 1 aromatic heterocycles. The van der Waals surface area contributed by atoms with E-state index in [1.54, 1.807) is 6.07 Å². The van der Waals surface area contributed by atoms with Crippen molar-refractivity contribution >= 4 is 11.5 Å². The number of aliphatic hydroxyl groups excluding tert-OH is 1. The molecule has 0 aromatic carbocycles. The summed E-state index contributed by atoms with van der Waals surface area (Å²) in [6.45, 7) is 1.66. The number of nitrogens with two attached hydrogens (primary N) is 1. The Morgan fingerprint density at radius 3 is 2.94 bits per heavy atom. The van der Waals surface area contributed by atoms with Crippen LogP contribution in [0, 0.1) is 21.4 Å². The van der Waals surface area contributed by atoms with Gasteiger partial charge >= 0.3 is 5.69 Å². The first-order chi connectivity index (χ1) is 8.45. The predicted molar refractivity (Wildman–Crippen MR) is 63.8 cm³/mol. The van der Waals surface area contributed by atoms with Crippen LogP contribution in [0.15, 0.2) is 12.3 Å². The summed E-state index contributed by atoms with van der Waals surface area (Å²) in [6.07, 6.45) is 0.485. The van der Waals surface area contributed by atoms with Gasteiger partial charge in [-0.1, -0.05) is 0 Å². The van der Waals surface area contributed by atoms with Gasteiger partial charge in [-0.3, -0.25) is 10.1 Å². The van der Waals surface area contributed by atoms with Gasteiger partial charge in [0.1, 0.15) is 6.07 Å². The molecule has 0 aliphatic carbocycles. The van der Waals surface area contributed by atoms with Gasteiger partial charge in [-0.25, -0.2) is 4.98 Å². The molecule has 0 radical (unpaired) electrons. The van der Waals surface area contributed by atoms with Crippen LogP contribution in [0.4, 0.5) is 11.5 Å². The van der Waals surface area contributed by atoms with Gasteiger partial charge in [0, 0.05) is 24.8 Å². The minimum absolute atomic E-state index is 0.0232. The summed E-state index contributed by atoms with van der Waals surface area (Å²) in [7, 11) is 0. The Hall–Kier alpha value is -2.24. The normalized spacial score (nSPS) is 13.4. The molecule has 2 unspecified atom stereocenters. The van der Waals surface area contributed by atoms with E-state index < -0.39 is 17.1 Å². The molecule has 0 amide bonds. The Kier molecular flexibility index (Phi) is 4.53. The minimum Gasteiger partial charge on any atom is -0.392 e. The highest BCUT2D eigenvalue weighted by Crippen LogP contribution is 2.22. The molecule has 1 heterocycles. The maximum atomic E-state index is 10.8. The molecule has 1 aromatic rings. The summed E-state index contributed by atoms with van der Waals surface area (Å²) in [6, 6.07) is 2.33. The van der Waals surface area contributed by atoms with Crippen molar-refractivity contribution in [3.8, 4) is 6.07 Å². The number of aliphatic hydroxyl groups is 1. The van der Waals surface area contributed by atoms with Gasteiger partial charge in [0.25, 0.3) is 0 Å². The van der Waals surface area contributed by atoms with Crippen LogP contribution in [-0.4, -0.2) is 33.7 Å². The monoisotopic (exact) mass is 251 g/mol. The van der Waals surface area contributed by atoms with Crippen molar-refractivity contribution < 1.29 is 10.0 Å². The number of nitriles is 1. The van der Waals surface area contributed by atoms with Crippen LogP contribution in [0.5, 0.6) is 0 Å². The highest BCUT2D eigenvalue weighted by molar-refractivity contribution is 5.58. The fraction of sp³-hybridized carbons (Fsp3) is 0.400. The Bertz CT molecular complexity index is 483. The summed E-state index contributed by atoms with van der Waals surface area (Å²) < 4.78 is 0. The standard InChI is InChI=1S/C10H13N5O3/c1-6(16)8(12)5-14-10-9(15(17)18)2-7(3-11)4-13-10/h2,4,6,8,16H,5,12H2,1H3,(H,13,14). The molecular formula is C10H13N5O3. The van der Waals surface area contributed by atoms with Gasteiger partial charge in [0.15, 0.2) is 0 Å². The molecule has 8 heteroatoms. The average Bonchev–Trinajstić information content (AvgIpc) is 2.35. The Morgan fingerprint density at radius 1 is 1.78 bits per heavy atom. The van der Waals surface area contributed by atoms with E-state index in [1.165, 1.54) is 13.1 Å². The largest absolute Gasteiger partial charge is 0.392 e. The number of nitrogens with one attached hydrogen (secondary N) is 1. The smallest absolute Gasteiger partial charge is 0.312 e. The van der Waals surface area contributed by atoms with Crippen molar-refractivity contribution in [2.45, 2.75) is 19.1 Å². The summed E-state index contributed by atoms with van der Waals surface area (Å²) in [5.74, 6) is 0.0232. The van der Waals surface area contributed by atoms with Crippen molar-refractivity contribution in [1.82, 2.24) is 4.98 Å². The van der Waals surface area contributed by atoms with E-state index >= 15 is 0 Å². The maximum Gasteiger partial charge on any atom is 0.312 e. The third-order valence-electron chi connectivity index (χ3n) is 2.32. The van der Waals surface area contributed by atoms with Gasteiger partial charge < -0.3 is 16.2 Å². The SMILES string of the molecule is CC(O)C(N)CNc1ncc(C#N)cc1[N+](=O)[O-]. The van der Waals surface area contributed by atoms with E-state index in [9.17, 15) is 15.2 Å². The zero-order valence-electron chi connectivity index (χ0n) is 9.70. The van der Waals surface area contributed by atoms with Gasteiger partial charge in [-0.2, -0.15) is 5.26 Å². The number of nitrogens with zero attached hydrogens (tertiary/aromatic N) is 3. The molecule has 0 aliphatic rings. The number of hydrogen-bond acceptors (Lipinski definition) is 7. The number of aromatic nitrogens is 1. The van der Waals surface area contributed by atoms with Crippen LogP contribution in [-0.2, 0) is 0 Å². The van der Waals surface area contributed by atoms with Crippen molar-refractivity contribution in [1.29, 1.82) is 5.26 Å². The van der Waals surface area contributed by atoms with E-state index in [0.29, 0.717) is 0 Å². The van der Waals surface area contributed by atoms with Crippen LogP contribution >= 0.6 is 0 Å². The van der Waals surface area contributed by atoms with E-state index in [0.717, 1.165) is 6.07 Å². The van der Waals surface area contributed by atoms with Crippen molar-refractivity contribution in [3.05, 3.63) is 27.9 Å². The molecule has 2 atom stereocenters. The van der Waals surface area contributed by atoms with E-state index in [4.69, 9.17) is 11.0 Å². The zero-order chi connectivity index (χ0) is 13.7. The second-order valence-electron chi connectivity index (χ2n) is 3.75. The van der Waals surface area contributed by atoms with Crippen LogP contribution in [0.25, 0.3) is 0 Å². The van der Waals surface area contributed by atoms with Crippen molar-refractivity contribution in [2.75, 3.05) is 11.9 Å². The number of rotatable bonds is 5. The summed E-state index contributed by atoms with van der Waals surface area (Å²) in [5, 5.41) is 31.3. The molecule has 96 valence electrons. The Balaban J connectivity index is 2.89. The Labute approximate surface area is 103 Å². The summed E-state index contributed by atoms with van der Waals surface area (Å²) >= 11 is 0. The first-order valence-electron chi connectivity index (χ1n) is 5.17. The lowest BCUT2D eigenvalue weighted by atomic mass is 10.2. The summed E-state index contributed by atoms with van der Waals surface area (Å²) in [4.78, 5) is 14.0. The fourth-order valence-corrected chi connectivity index (χ4v) is 1.17.